The molecular weight excluding hydrogens is 772 g/mol. The maximum Gasteiger partial charge on any atom is 0.366 e. The predicted octanol–water partition coefficient (Wildman–Crippen LogP) is 0.912. The van der Waals surface area contributed by atoms with Crippen LogP contribution in [-0.2, 0) is 87.5 Å². The standard InChI is InChI=1S/C38H52N2O18/c1-22(41)52-21-32(47)40-34-29(55-24(3)43)19-38(37(49)51-7,53-16-11-9-8-10-15-33(48)50-6)58-36(34)35(57-26(5)45)30(56-25(4)44)20-39-31(46)18-27-13-12-14-28(17-27)54-23(2)42/h12-14,17,29-30,34-36H,8-11,15-16,18-21H2,1-7H3,(H,39,46)(H,40,47)/t29-,30+,34+,35+,36+,38+/m0/s1. The van der Waals surface area contributed by atoms with Crippen molar-refractivity contribution < 1.29 is 85.8 Å². The Morgan fingerprint density at radius 3 is 2.10 bits per heavy atom. The summed E-state index contributed by atoms with van der Waals surface area (Å²) in [5.41, 5.74) is 0.440. The Hall–Kier alpha value is -5.63. The van der Waals surface area contributed by atoms with Gasteiger partial charge in [0.2, 0.25) is 5.91 Å². The van der Waals surface area contributed by atoms with Crippen LogP contribution in [0.5, 0.6) is 5.75 Å². The number of ether oxygens (including phenoxy) is 9. The Labute approximate surface area is 335 Å². The molecule has 2 rings (SSSR count). The normalized spacial score (nSPS) is 19.5. The smallest absolute Gasteiger partial charge is 0.366 e. The highest BCUT2D eigenvalue weighted by atomic mass is 16.7. The average Bonchev–Trinajstić information content (AvgIpc) is 3.14. The van der Waals surface area contributed by atoms with Gasteiger partial charge in [0.05, 0.1) is 46.3 Å². The van der Waals surface area contributed by atoms with Gasteiger partial charge in [0.15, 0.2) is 18.8 Å². The third kappa shape index (κ3) is 16.8. The lowest BCUT2D eigenvalue weighted by molar-refractivity contribution is -0.313. The molecule has 1 heterocycles. The minimum atomic E-state index is -2.39. The van der Waals surface area contributed by atoms with E-state index < -0.39 is 103 Å². The van der Waals surface area contributed by atoms with Gasteiger partial charge in [0.1, 0.15) is 18.0 Å². The van der Waals surface area contributed by atoms with Gasteiger partial charge in [0, 0.05) is 41.0 Å². The van der Waals surface area contributed by atoms with Crippen LogP contribution in [0.1, 0.15) is 78.7 Å². The molecule has 0 aliphatic carbocycles. The molecule has 0 unspecified atom stereocenters. The van der Waals surface area contributed by atoms with Crippen LogP contribution < -0.4 is 15.4 Å². The third-order valence-electron chi connectivity index (χ3n) is 8.27. The molecule has 6 atom stereocenters. The second-order valence-electron chi connectivity index (χ2n) is 13.1. The van der Waals surface area contributed by atoms with E-state index in [9.17, 15) is 43.2 Å². The van der Waals surface area contributed by atoms with Crippen LogP contribution in [0.3, 0.4) is 0 Å². The second-order valence-corrected chi connectivity index (χ2v) is 13.1. The van der Waals surface area contributed by atoms with Gasteiger partial charge in [-0.05, 0) is 30.5 Å². The van der Waals surface area contributed by atoms with Crippen molar-refractivity contribution in [3.05, 3.63) is 29.8 Å². The van der Waals surface area contributed by atoms with Crippen molar-refractivity contribution in [1.82, 2.24) is 10.6 Å². The maximum atomic E-state index is 13.6. The fourth-order valence-electron chi connectivity index (χ4n) is 5.95. The molecule has 1 aliphatic heterocycles. The van der Waals surface area contributed by atoms with Gasteiger partial charge >= 0.3 is 41.8 Å². The molecule has 2 amide bonds. The van der Waals surface area contributed by atoms with E-state index in [4.69, 9.17) is 37.9 Å². The molecule has 58 heavy (non-hydrogen) atoms. The van der Waals surface area contributed by atoms with Crippen LogP contribution >= 0.6 is 0 Å². The molecule has 1 aromatic carbocycles. The van der Waals surface area contributed by atoms with E-state index in [-0.39, 0.29) is 31.2 Å². The molecule has 322 valence electrons. The predicted molar refractivity (Wildman–Crippen MR) is 195 cm³/mol. The van der Waals surface area contributed by atoms with Gasteiger partial charge in [-0.2, -0.15) is 0 Å². The first-order valence-corrected chi connectivity index (χ1v) is 18.3. The van der Waals surface area contributed by atoms with Crippen LogP contribution in [-0.4, -0.2) is 124 Å². The highest BCUT2D eigenvalue weighted by molar-refractivity contribution is 5.81. The maximum absolute atomic E-state index is 13.6. The Morgan fingerprint density at radius 2 is 1.50 bits per heavy atom. The average molecular weight is 825 g/mol. The number of rotatable bonds is 22. The van der Waals surface area contributed by atoms with Crippen molar-refractivity contribution in [3.63, 3.8) is 0 Å². The molecule has 1 aliphatic rings. The number of hydrogen-bond donors (Lipinski definition) is 2. The lowest BCUT2D eigenvalue weighted by Crippen LogP contribution is -2.70. The molecule has 0 spiro atoms. The largest absolute Gasteiger partial charge is 0.469 e. The van der Waals surface area contributed by atoms with Gasteiger partial charge in [0.25, 0.3) is 11.7 Å². The van der Waals surface area contributed by atoms with Crippen LogP contribution in [0, 0.1) is 0 Å². The van der Waals surface area contributed by atoms with E-state index in [1.165, 1.54) is 26.2 Å². The van der Waals surface area contributed by atoms with Gasteiger partial charge in [-0.15, -0.1) is 0 Å². The molecule has 1 fully saturated rings. The summed E-state index contributed by atoms with van der Waals surface area (Å²) < 4.78 is 48.8. The number of carbonyl (C=O) groups is 9. The van der Waals surface area contributed by atoms with E-state index in [0.717, 1.165) is 34.8 Å². The molecule has 2 N–H and O–H groups in total. The van der Waals surface area contributed by atoms with E-state index >= 15 is 0 Å². The summed E-state index contributed by atoms with van der Waals surface area (Å²) in [6, 6.07) is 4.63. The van der Waals surface area contributed by atoms with Crippen molar-refractivity contribution in [2.75, 3.05) is 34.0 Å². The number of amides is 2. The lowest BCUT2D eigenvalue weighted by atomic mass is 9.87. The fraction of sp³-hybridized carbons (Fsp3) is 0.605. The number of benzene rings is 1. The molecule has 20 heteroatoms. The molecule has 0 saturated carbocycles. The van der Waals surface area contributed by atoms with Gasteiger partial charge in [-0.3, -0.25) is 38.4 Å². The molecule has 20 nitrogen and oxygen atoms in total. The van der Waals surface area contributed by atoms with Crippen molar-refractivity contribution in [3.8, 4) is 5.75 Å². The SMILES string of the molecule is COC(=O)CCCCCCO[C@]1(C(=O)OC)C[C@H](OC(C)=O)[C@@H](NC(=O)COC(C)=O)[C@H]([C@H](OC(C)=O)[C@@H](CNC(=O)Cc2cccc(OC(C)=O)c2)OC(C)=O)O1. The van der Waals surface area contributed by atoms with Crippen LogP contribution in [0.25, 0.3) is 0 Å². The first-order valence-electron chi connectivity index (χ1n) is 18.3. The van der Waals surface area contributed by atoms with Gasteiger partial charge < -0.3 is 53.3 Å². The third-order valence-corrected chi connectivity index (χ3v) is 8.27. The summed E-state index contributed by atoms with van der Waals surface area (Å²) in [7, 11) is 2.32. The topological polar surface area (TPSA) is 261 Å². The summed E-state index contributed by atoms with van der Waals surface area (Å²) >= 11 is 0. The summed E-state index contributed by atoms with van der Waals surface area (Å²) in [6.07, 6.45) is -5.27. The van der Waals surface area contributed by atoms with Crippen molar-refractivity contribution in [2.24, 2.45) is 0 Å². The Kier molecular flexibility index (Phi) is 20.3. The first-order chi connectivity index (χ1) is 27.4. The lowest BCUT2D eigenvalue weighted by Gasteiger charge is -2.48. The van der Waals surface area contributed by atoms with Crippen LogP contribution in [0.2, 0.25) is 0 Å². The van der Waals surface area contributed by atoms with E-state index in [2.05, 4.69) is 15.4 Å². The molecule has 0 aromatic heterocycles. The molecule has 0 bridgehead atoms. The number of carbonyl (C=O) groups excluding carboxylic acids is 9. The molecular formula is C38H52N2O18. The monoisotopic (exact) mass is 824 g/mol. The molecule has 0 radical (unpaired) electrons. The van der Waals surface area contributed by atoms with Crippen molar-refractivity contribution >= 4 is 53.6 Å². The Bertz CT molecular complexity index is 1630. The number of hydrogen-bond acceptors (Lipinski definition) is 18. The molecule has 1 aromatic rings. The highest BCUT2D eigenvalue weighted by Crippen LogP contribution is 2.37. The van der Waals surface area contributed by atoms with Crippen molar-refractivity contribution in [1.29, 1.82) is 0 Å². The summed E-state index contributed by atoms with van der Waals surface area (Å²) in [5, 5.41) is 5.13. The van der Waals surface area contributed by atoms with E-state index in [1.54, 1.807) is 12.1 Å². The van der Waals surface area contributed by atoms with Gasteiger partial charge in [-0.1, -0.05) is 25.0 Å². The second kappa shape index (κ2) is 24.2. The summed E-state index contributed by atoms with van der Waals surface area (Å²) in [5.74, 6) is -9.34. The minimum Gasteiger partial charge on any atom is -0.469 e. The number of esters is 7. The van der Waals surface area contributed by atoms with Gasteiger partial charge in [-0.25, -0.2) is 4.79 Å². The summed E-state index contributed by atoms with van der Waals surface area (Å²) in [6.45, 7) is 3.90. The highest BCUT2D eigenvalue weighted by Gasteiger charge is 2.59. The fourth-order valence-corrected chi connectivity index (χ4v) is 5.95. The quantitative estimate of drug-likeness (QED) is 0.0712. The number of nitrogens with one attached hydrogen (secondary N) is 2. The molecule has 1 saturated heterocycles. The van der Waals surface area contributed by atoms with E-state index in [1.807, 2.05) is 0 Å². The zero-order valence-corrected chi connectivity index (χ0v) is 33.6. The van der Waals surface area contributed by atoms with Crippen molar-refractivity contribution in [2.45, 2.75) is 116 Å². The first kappa shape index (κ1) is 48.5. The Morgan fingerprint density at radius 1 is 0.810 bits per heavy atom. The minimum absolute atomic E-state index is 0.142. The number of methoxy groups -OCH3 is 2. The zero-order chi connectivity index (χ0) is 43.4. The Balaban J connectivity index is 2.59. The van der Waals surface area contributed by atoms with Crippen LogP contribution in [0.15, 0.2) is 24.3 Å². The van der Waals surface area contributed by atoms with E-state index in [0.29, 0.717) is 31.2 Å². The van der Waals surface area contributed by atoms with Crippen LogP contribution in [0.4, 0.5) is 0 Å². The zero-order valence-electron chi connectivity index (χ0n) is 33.6. The number of unbranched alkanes of at least 4 members (excludes halogenated alkanes) is 3. The summed E-state index contributed by atoms with van der Waals surface area (Å²) in [4.78, 5) is 112.